The predicted octanol–water partition coefficient (Wildman–Crippen LogP) is 7.13. The summed E-state index contributed by atoms with van der Waals surface area (Å²) in [6.45, 7) is 5.31. The van der Waals surface area contributed by atoms with Crippen LogP contribution in [0.4, 0.5) is 17.1 Å². The first-order chi connectivity index (χ1) is 22.7. The molecule has 0 aromatic heterocycles. The van der Waals surface area contributed by atoms with Crippen molar-refractivity contribution in [1.29, 1.82) is 15.8 Å². The van der Waals surface area contributed by atoms with Crippen molar-refractivity contribution in [2.24, 2.45) is 0 Å². The summed E-state index contributed by atoms with van der Waals surface area (Å²) < 4.78 is 14.8. The highest BCUT2D eigenvalue weighted by Crippen LogP contribution is 2.36. The Labute approximate surface area is 277 Å². The maximum Gasteiger partial charge on any atom is 0.350 e. The quantitative estimate of drug-likeness (QED) is 0.0857. The van der Waals surface area contributed by atoms with Gasteiger partial charge in [0.1, 0.15) is 29.4 Å². The van der Waals surface area contributed by atoms with E-state index >= 15 is 0 Å². The van der Waals surface area contributed by atoms with Crippen LogP contribution in [0.1, 0.15) is 37.5 Å². The number of halogens is 1. The van der Waals surface area contributed by atoms with Gasteiger partial charge in [0, 0.05) is 17.1 Å². The van der Waals surface area contributed by atoms with Crippen molar-refractivity contribution in [3.63, 3.8) is 0 Å². The van der Waals surface area contributed by atoms with Gasteiger partial charge in [0.2, 0.25) is 0 Å². The molecule has 0 unspecified atom stereocenters. The first-order valence-electron chi connectivity index (χ1n) is 14.4. The van der Waals surface area contributed by atoms with Gasteiger partial charge in [-0.25, -0.2) is 14.4 Å². The summed E-state index contributed by atoms with van der Waals surface area (Å²) in [5, 5.41) is 28.3. The van der Waals surface area contributed by atoms with Gasteiger partial charge >= 0.3 is 17.9 Å². The van der Waals surface area contributed by atoms with E-state index in [-0.39, 0.29) is 41.6 Å². The summed E-state index contributed by atoms with van der Waals surface area (Å²) in [4.78, 5) is 38.3. The number of carbonyl (C=O) groups is 3. The second kappa shape index (κ2) is 17.4. The summed E-state index contributed by atoms with van der Waals surface area (Å²) in [7, 11) is 0. The van der Waals surface area contributed by atoms with Gasteiger partial charge in [-0.3, -0.25) is 0 Å². The third kappa shape index (κ3) is 9.18. The second-order valence-corrected chi connectivity index (χ2v) is 9.75. The van der Waals surface area contributed by atoms with E-state index in [9.17, 15) is 30.2 Å². The molecule has 0 radical (unpaired) electrons. The topological polar surface area (TPSA) is 154 Å². The first kappa shape index (κ1) is 35.3. The standard InChI is InChI=1S/C36H29ClN4O6/c1-4-45-34(42)27(21-38)19-24-7-13-29(14-8-24)41(30-15-9-25(10-16-30)20-28(22-39)35(43)46-5-2)31-17-11-26(12-18-31)33(37)32(23-40)36(44)47-6-3/h7-20H,4-6H2,1-3H3/b27-19+,28-20+,33-32-. The molecular formula is C36H29ClN4O6. The summed E-state index contributed by atoms with van der Waals surface area (Å²) in [5.74, 6) is -2.25. The molecule has 0 N–H and O–H groups in total. The van der Waals surface area contributed by atoms with Crippen LogP contribution in [0.15, 0.2) is 89.5 Å². The number of nitrogens with zero attached hydrogens (tertiary/aromatic N) is 4. The lowest BCUT2D eigenvalue weighted by molar-refractivity contribution is -0.138. The molecule has 3 aromatic rings. The predicted molar refractivity (Wildman–Crippen MR) is 177 cm³/mol. The Balaban J connectivity index is 2.09. The van der Waals surface area contributed by atoms with Crippen molar-refractivity contribution in [1.82, 2.24) is 0 Å². The number of anilines is 3. The Hall–Kier alpha value is -6.15. The van der Waals surface area contributed by atoms with Gasteiger partial charge in [0.25, 0.3) is 0 Å². The molecule has 0 fully saturated rings. The van der Waals surface area contributed by atoms with E-state index in [4.69, 9.17) is 25.8 Å². The molecule has 0 aliphatic carbocycles. The van der Waals surface area contributed by atoms with Crippen molar-refractivity contribution in [3.05, 3.63) is 106 Å². The molecule has 3 rings (SSSR count). The molecule has 0 spiro atoms. The monoisotopic (exact) mass is 648 g/mol. The fourth-order valence-corrected chi connectivity index (χ4v) is 4.45. The third-order valence-corrected chi connectivity index (χ3v) is 6.75. The minimum absolute atomic E-state index is 0.0545. The van der Waals surface area contributed by atoms with Gasteiger partial charge in [0.15, 0.2) is 5.57 Å². The summed E-state index contributed by atoms with van der Waals surface area (Å²) in [5.41, 5.74) is 3.09. The second-order valence-electron chi connectivity index (χ2n) is 9.37. The lowest BCUT2D eigenvalue weighted by Gasteiger charge is -2.26. The smallest absolute Gasteiger partial charge is 0.350 e. The van der Waals surface area contributed by atoms with E-state index in [0.29, 0.717) is 33.8 Å². The van der Waals surface area contributed by atoms with Crippen molar-refractivity contribution < 1.29 is 28.6 Å². The van der Waals surface area contributed by atoms with Crippen LogP contribution < -0.4 is 4.90 Å². The number of hydrogen-bond donors (Lipinski definition) is 0. The van der Waals surface area contributed by atoms with Crippen LogP contribution in [0, 0.1) is 34.0 Å². The van der Waals surface area contributed by atoms with Crippen LogP contribution >= 0.6 is 11.6 Å². The van der Waals surface area contributed by atoms with E-state index in [0.717, 1.165) is 0 Å². The number of ether oxygens (including phenoxy) is 3. The molecule has 0 heterocycles. The number of esters is 3. The van der Waals surface area contributed by atoms with Crippen LogP contribution in [0.25, 0.3) is 17.2 Å². The maximum atomic E-state index is 12.2. The van der Waals surface area contributed by atoms with Gasteiger partial charge in [0.05, 0.1) is 24.9 Å². The highest BCUT2D eigenvalue weighted by Gasteiger charge is 2.19. The zero-order chi connectivity index (χ0) is 34.3. The molecular weight excluding hydrogens is 620 g/mol. The van der Waals surface area contributed by atoms with Crippen LogP contribution in [-0.4, -0.2) is 37.7 Å². The molecule has 0 atom stereocenters. The van der Waals surface area contributed by atoms with Crippen molar-refractivity contribution >= 4 is 63.8 Å². The molecule has 0 amide bonds. The summed E-state index contributed by atoms with van der Waals surface area (Å²) in [6, 6.07) is 26.5. The largest absolute Gasteiger partial charge is 0.462 e. The number of benzene rings is 3. The summed E-state index contributed by atoms with van der Waals surface area (Å²) >= 11 is 6.41. The number of nitriles is 3. The third-order valence-electron chi connectivity index (χ3n) is 6.35. The lowest BCUT2D eigenvalue weighted by Crippen LogP contribution is -2.10. The molecule has 0 saturated heterocycles. The van der Waals surface area contributed by atoms with Gasteiger partial charge in [-0.1, -0.05) is 48.0 Å². The molecule has 11 heteroatoms. The SMILES string of the molecule is CCOC(=O)/C(C#N)=C(\Cl)c1ccc(N(c2ccc(/C=C(\C#N)C(=O)OCC)cc2)c2ccc(/C=C(\C#N)C(=O)OCC)cc2)cc1. The Morgan fingerprint density at radius 2 is 0.979 bits per heavy atom. The Bertz CT molecular complexity index is 1750. The maximum absolute atomic E-state index is 12.2. The molecule has 0 aliphatic heterocycles. The Kier molecular flexibility index (Phi) is 13.1. The van der Waals surface area contributed by atoms with Crippen molar-refractivity contribution in [2.45, 2.75) is 20.8 Å². The zero-order valence-electron chi connectivity index (χ0n) is 25.8. The average Bonchev–Trinajstić information content (AvgIpc) is 3.08. The normalized spacial score (nSPS) is 11.6. The number of carbonyl (C=O) groups excluding carboxylic acids is 3. The number of rotatable bonds is 12. The van der Waals surface area contributed by atoms with Crippen molar-refractivity contribution in [2.75, 3.05) is 24.7 Å². The van der Waals surface area contributed by atoms with Gasteiger partial charge in [-0.05, 0) is 86.0 Å². The molecule has 10 nitrogen and oxygen atoms in total. The van der Waals surface area contributed by atoms with E-state index in [1.54, 1.807) is 99.6 Å². The van der Waals surface area contributed by atoms with Gasteiger partial charge in [-0.15, -0.1) is 0 Å². The lowest BCUT2D eigenvalue weighted by atomic mass is 10.1. The summed E-state index contributed by atoms with van der Waals surface area (Å²) in [6.07, 6.45) is 2.87. The Morgan fingerprint density at radius 1 is 0.617 bits per heavy atom. The van der Waals surface area contributed by atoms with Gasteiger partial charge in [-0.2, -0.15) is 15.8 Å². The van der Waals surface area contributed by atoms with Crippen LogP contribution in [-0.2, 0) is 28.6 Å². The van der Waals surface area contributed by atoms with E-state index in [1.165, 1.54) is 12.2 Å². The molecule has 3 aromatic carbocycles. The number of hydrogen-bond acceptors (Lipinski definition) is 10. The van der Waals surface area contributed by atoms with Crippen LogP contribution in [0.2, 0.25) is 0 Å². The molecule has 0 bridgehead atoms. The van der Waals surface area contributed by atoms with E-state index in [1.807, 2.05) is 17.0 Å². The van der Waals surface area contributed by atoms with E-state index in [2.05, 4.69) is 0 Å². The van der Waals surface area contributed by atoms with Crippen LogP contribution in [0.3, 0.4) is 0 Å². The van der Waals surface area contributed by atoms with E-state index < -0.39 is 17.9 Å². The molecule has 0 aliphatic rings. The zero-order valence-corrected chi connectivity index (χ0v) is 26.6. The molecule has 47 heavy (non-hydrogen) atoms. The van der Waals surface area contributed by atoms with Gasteiger partial charge < -0.3 is 19.1 Å². The minimum atomic E-state index is -0.820. The van der Waals surface area contributed by atoms with Crippen molar-refractivity contribution in [3.8, 4) is 18.2 Å². The Morgan fingerprint density at radius 3 is 1.32 bits per heavy atom. The van der Waals surface area contributed by atoms with Crippen LogP contribution in [0.5, 0.6) is 0 Å². The highest BCUT2D eigenvalue weighted by molar-refractivity contribution is 6.51. The molecule has 236 valence electrons. The molecule has 0 saturated carbocycles. The highest BCUT2D eigenvalue weighted by atomic mass is 35.5. The first-order valence-corrected chi connectivity index (χ1v) is 14.7. The fraction of sp³-hybridized carbons (Fsp3) is 0.167. The average molecular weight is 649 g/mol. The fourth-order valence-electron chi connectivity index (χ4n) is 4.20. The minimum Gasteiger partial charge on any atom is -0.462 e.